The van der Waals surface area contributed by atoms with Crippen molar-refractivity contribution in [1.29, 1.82) is 0 Å². The van der Waals surface area contributed by atoms with E-state index < -0.39 is 0 Å². The Bertz CT molecular complexity index is 639. The molecule has 21 heavy (non-hydrogen) atoms. The summed E-state index contributed by atoms with van der Waals surface area (Å²) < 4.78 is 3.56. The SMILES string of the molecule is CCNC(Cn1ccn(C(C)C)c1=O)c1ccccc1C. The van der Waals surface area contributed by atoms with Crippen LogP contribution in [0.4, 0.5) is 0 Å². The molecule has 2 rings (SSSR count). The van der Waals surface area contributed by atoms with Gasteiger partial charge in [0.05, 0.1) is 6.04 Å². The third-order valence-corrected chi connectivity index (χ3v) is 3.82. The summed E-state index contributed by atoms with van der Waals surface area (Å²) in [4.78, 5) is 12.4. The molecule has 0 saturated carbocycles. The zero-order chi connectivity index (χ0) is 15.4. The van der Waals surface area contributed by atoms with Crippen LogP contribution in [0, 0.1) is 6.92 Å². The normalized spacial score (nSPS) is 12.8. The number of imidazole rings is 1. The minimum Gasteiger partial charge on any atom is -0.309 e. The summed E-state index contributed by atoms with van der Waals surface area (Å²) in [6.07, 6.45) is 3.75. The van der Waals surface area contributed by atoms with Crippen LogP contribution in [0.25, 0.3) is 0 Å². The third kappa shape index (κ3) is 3.45. The molecule has 0 bridgehead atoms. The molecular weight excluding hydrogens is 262 g/mol. The van der Waals surface area contributed by atoms with Gasteiger partial charge in [0, 0.05) is 25.0 Å². The van der Waals surface area contributed by atoms with E-state index in [9.17, 15) is 4.79 Å². The number of aromatic nitrogens is 2. The molecule has 0 radical (unpaired) electrons. The van der Waals surface area contributed by atoms with Crippen molar-refractivity contribution in [2.45, 2.75) is 46.3 Å². The standard InChI is InChI=1S/C17H25N3O/c1-5-18-16(15-9-7-6-8-14(15)4)12-19-10-11-20(13(2)3)17(19)21/h6-11,13,16,18H,5,12H2,1-4H3. The highest BCUT2D eigenvalue weighted by Gasteiger charge is 2.15. The van der Waals surface area contributed by atoms with Crippen LogP contribution in [0.15, 0.2) is 41.5 Å². The number of hydrogen-bond acceptors (Lipinski definition) is 2. The Kier molecular flexibility index (Phi) is 5.02. The van der Waals surface area contributed by atoms with Crippen LogP contribution in [0.1, 0.15) is 44.0 Å². The molecule has 0 aliphatic heterocycles. The molecule has 4 heteroatoms. The Morgan fingerprint density at radius 1 is 1.19 bits per heavy atom. The van der Waals surface area contributed by atoms with Crippen molar-refractivity contribution in [2.75, 3.05) is 6.54 Å². The van der Waals surface area contributed by atoms with Crippen LogP contribution in [0.3, 0.4) is 0 Å². The largest absolute Gasteiger partial charge is 0.328 e. The quantitative estimate of drug-likeness (QED) is 0.887. The second-order valence-corrected chi connectivity index (χ2v) is 5.70. The van der Waals surface area contributed by atoms with Gasteiger partial charge in [-0.2, -0.15) is 0 Å². The van der Waals surface area contributed by atoms with E-state index >= 15 is 0 Å². The Morgan fingerprint density at radius 3 is 2.48 bits per heavy atom. The second-order valence-electron chi connectivity index (χ2n) is 5.70. The van der Waals surface area contributed by atoms with E-state index in [4.69, 9.17) is 0 Å². The molecule has 1 aromatic carbocycles. The van der Waals surface area contributed by atoms with Crippen LogP contribution in [-0.4, -0.2) is 15.7 Å². The summed E-state index contributed by atoms with van der Waals surface area (Å²) in [6, 6.07) is 8.68. The lowest BCUT2D eigenvalue weighted by atomic mass is 10.0. The van der Waals surface area contributed by atoms with Crippen molar-refractivity contribution in [2.24, 2.45) is 0 Å². The Hall–Kier alpha value is -1.81. The first-order valence-corrected chi connectivity index (χ1v) is 7.60. The van der Waals surface area contributed by atoms with Gasteiger partial charge in [-0.3, -0.25) is 9.13 Å². The van der Waals surface area contributed by atoms with Crippen LogP contribution in [-0.2, 0) is 6.54 Å². The number of nitrogens with one attached hydrogen (secondary N) is 1. The van der Waals surface area contributed by atoms with Gasteiger partial charge in [-0.25, -0.2) is 4.79 Å². The molecule has 1 heterocycles. The lowest BCUT2D eigenvalue weighted by Gasteiger charge is -2.20. The summed E-state index contributed by atoms with van der Waals surface area (Å²) in [6.45, 7) is 9.77. The number of benzene rings is 1. The molecule has 0 aliphatic carbocycles. The second kappa shape index (κ2) is 6.76. The van der Waals surface area contributed by atoms with Gasteiger partial charge >= 0.3 is 5.69 Å². The average molecular weight is 287 g/mol. The van der Waals surface area contributed by atoms with Gasteiger partial charge in [0.2, 0.25) is 0 Å². The Labute approximate surface area is 126 Å². The highest BCUT2D eigenvalue weighted by molar-refractivity contribution is 5.28. The fourth-order valence-corrected chi connectivity index (χ4v) is 2.65. The van der Waals surface area contributed by atoms with Crippen LogP contribution < -0.4 is 11.0 Å². The topological polar surface area (TPSA) is 39.0 Å². The summed E-state index contributed by atoms with van der Waals surface area (Å²) >= 11 is 0. The molecule has 114 valence electrons. The zero-order valence-corrected chi connectivity index (χ0v) is 13.3. The van der Waals surface area contributed by atoms with E-state index in [1.807, 2.05) is 32.3 Å². The van der Waals surface area contributed by atoms with Gasteiger partial charge < -0.3 is 5.32 Å². The van der Waals surface area contributed by atoms with Gasteiger partial charge in [-0.05, 0) is 38.4 Å². The number of hydrogen-bond donors (Lipinski definition) is 1. The molecule has 1 unspecified atom stereocenters. The number of nitrogens with zero attached hydrogens (tertiary/aromatic N) is 2. The van der Waals surface area contributed by atoms with Gasteiger partial charge in [0.15, 0.2) is 0 Å². The van der Waals surface area contributed by atoms with Crippen molar-refractivity contribution < 1.29 is 0 Å². The minimum atomic E-state index is 0.0569. The maximum absolute atomic E-state index is 12.4. The molecule has 0 aliphatic rings. The predicted octanol–water partition coefficient (Wildman–Crippen LogP) is 2.89. The third-order valence-electron chi connectivity index (χ3n) is 3.82. The van der Waals surface area contributed by atoms with Crippen LogP contribution >= 0.6 is 0 Å². The fourth-order valence-electron chi connectivity index (χ4n) is 2.65. The summed E-state index contributed by atoms with van der Waals surface area (Å²) in [5.41, 5.74) is 2.56. The monoisotopic (exact) mass is 287 g/mol. The molecule has 0 amide bonds. The Morgan fingerprint density at radius 2 is 1.90 bits per heavy atom. The predicted molar refractivity (Wildman–Crippen MR) is 86.7 cm³/mol. The molecule has 0 spiro atoms. The molecule has 1 atom stereocenters. The maximum atomic E-state index is 12.4. The molecule has 2 aromatic rings. The van der Waals surface area contributed by atoms with E-state index in [1.54, 1.807) is 9.13 Å². The van der Waals surface area contributed by atoms with E-state index in [0.29, 0.717) is 6.54 Å². The van der Waals surface area contributed by atoms with Gasteiger partial charge in [-0.1, -0.05) is 31.2 Å². The average Bonchev–Trinajstić information content (AvgIpc) is 2.80. The van der Waals surface area contributed by atoms with E-state index in [1.165, 1.54) is 11.1 Å². The lowest BCUT2D eigenvalue weighted by molar-refractivity contribution is 0.455. The van der Waals surface area contributed by atoms with E-state index in [0.717, 1.165) is 6.54 Å². The summed E-state index contributed by atoms with van der Waals surface area (Å²) in [7, 11) is 0. The Balaban J connectivity index is 2.29. The molecule has 4 nitrogen and oxygen atoms in total. The zero-order valence-electron chi connectivity index (χ0n) is 13.3. The summed E-state index contributed by atoms with van der Waals surface area (Å²) in [5, 5.41) is 3.48. The number of likely N-dealkylation sites (N-methyl/N-ethyl adjacent to an activating group) is 1. The van der Waals surface area contributed by atoms with E-state index in [-0.39, 0.29) is 17.8 Å². The van der Waals surface area contributed by atoms with Gasteiger partial charge in [0.25, 0.3) is 0 Å². The number of rotatable bonds is 6. The first-order chi connectivity index (χ1) is 10.0. The van der Waals surface area contributed by atoms with Gasteiger partial charge in [0.1, 0.15) is 0 Å². The highest BCUT2D eigenvalue weighted by Crippen LogP contribution is 2.18. The van der Waals surface area contributed by atoms with Crippen molar-refractivity contribution in [3.05, 3.63) is 58.3 Å². The smallest absolute Gasteiger partial charge is 0.309 e. The first-order valence-electron chi connectivity index (χ1n) is 7.60. The number of aryl methyl sites for hydroxylation is 1. The lowest BCUT2D eigenvalue weighted by Crippen LogP contribution is -2.32. The summed E-state index contributed by atoms with van der Waals surface area (Å²) in [5.74, 6) is 0. The molecule has 1 aromatic heterocycles. The van der Waals surface area contributed by atoms with Crippen molar-refractivity contribution >= 4 is 0 Å². The van der Waals surface area contributed by atoms with Crippen molar-refractivity contribution in [3.63, 3.8) is 0 Å². The molecule has 1 N–H and O–H groups in total. The fraction of sp³-hybridized carbons (Fsp3) is 0.471. The molecular formula is C17H25N3O. The van der Waals surface area contributed by atoms with Crippen molar-refractivity contribution in [3.8, 4) is 0 Å². The van der Waals surface area contributed by atoms with E-state index in [2.05, 4.69) is 37.4 Å². The molecule has 0 saturated heterocycles. The first kappa shape index (κ1) is 15.6. The minimum absolute atomic E-state index is 0.0569. The molecule has 0 fully saturated rings. The van der Waals surface area contributed by atoms with Crippen molar-refractivity contribution in [1.82, 2.24) is 14.5 Å². The highest BCUT2D eigenvalue weighted by atomic mass is 16.1. The van der Waals surface area contributed by atoms with Gasteiger partial charge in [-0.15, -0.1) is 0 Å². The maximum Gasteiger partial charge on any atom is 0.328 e. The van der Waals surface area contributed by atoms with Crippen LogP contribution in [0.2, 0.25) is 0 Å². The van der Waals surface area contributed by atoms with Crippen LogP contribution in [0.5, 0.6) is 0 Å².